The van der Waals surface area contributed by atoms with E-state index in [-0.39, 0.29) is 0 Å². The van der Waals surface area contributed by atoms with Gasteiger partial charge in [-0.2, -0.15) is 0 Å². The van der Waals surface area contributed by atoms with Crippen molar-refractivity contribution in [1.82, 2.24) is 5.43 Å². The first-order valence-corrected chi connectivity index (χ1v) is 7.63. The number of hydrogen-bond donors (Lipinski definition) is 2. The Bertz CT molecular complexity index is 397. The maximum Gasteiger partial charge on any atom is 0.0488 e. The van der Waals surface area contributed by atoms with E-state index < -0.39 is 0 Å². The Morgan fingerprint density at radius 1 is 1.28 bits per heavy atom. The van der Waals surface area contributed by atoms with Gasteiger partial charge in [-0.15, -0.1) is 0 Å². The molecule has 2 rings (SSSR count). The van der Waals surface area contributed by atoms with Gasteiger partial charge in [-0.3, -0.25) is 11.3 Å². The van der Waals surface area contributed by atoms with Crippen LogP contribution in [0.3, 0.4) is 0 Å². The first-order chi connectivity index (χ1) is 8.61. The Labute approximate surface area is 118 Å². The molecule has 0 bridgehead atoms. The normalized spacial score (nSPS) is 26.0. The van der Waals surface area contributed by atoms with Gasteiger partial charge in [0.05, 0.1) is 0 Å². The quantitative estimate of drug-likeness (QED) is 0.652. The van der Waals surface area contributed by atoms with Gasteiger partial charge in [0.1, 0.15) is 0 Å². The molecule has 100 valence electrons. The van der Waals surface area contributed by atoms with Crippen LogP contribution in [0, 0.1) is 18.8 Å². The number of hydrazine groups is 1. The molecule has 0 radical (unpaired) electrons. The molecule has 1 atom stereocenters. The zero-order valence-electron chi connectivity index (χ0n) is 11.2. The Morgan fingerprint density at radius 2 is 1.94 bits per heavy atom. The van der Waals surface area contributed by atoms with Crippen LogP contribution in [0.25, 0.3) is 0 Å². The van der Waals surface area contributed by atoms with Gasteiger partial charge in [-0.1, -0.05) is 47.8 Å². The van der Waals surface area contributed by atoms with Crippen LogP contribution in [-0.4, -0.2) is 0 Å². The van der Waals surface area contributed by atoms with E-state index in [9.17, 15) is 0 Å². The Balaban J connectivity index is 2.14. The van der Waals surface area contributed by atoms with Gasteiger partial charge in [-0.05, 0) is 48.8 Å². The fourth-order valence-corrected chi connectivity index (χ4v) is 3.23. The van der Waals surface area contributed by atoms with E-state index in [1.807, 2.05) is 0 Å². The van der Waals surface area contributed by atoms with E-state index in [0.717, 1.165) is 5.92 Å². The summed E-state index contributed by atoms with van der Waals surface area (Å²) >= 11 is 3.55. The Morgan fingerprint density at radius 3 is 2.50 bits per heavy atom. The lowest BCUT2D eigenvalue weighted by Gasteiger charge is -2.32. The molecule has 1 aliphatic carbocycles. The van der Waals surface area contributed by atoms with E-state index in [2.05, 4.69) is 53.4 Å². The zero-order valence-corrected chi connectivity index (χ0v) is 12.8. The summed E-state index contributed by atoms with van der Waals surface area (Å²) in [5, 5.41) is 0. The van der Waals surface area contributed by atoms with Crippen molar-refractivity contribution in [1.29, 1.82) is 0 Å². The van der Waals surface area contributed by atoms with E-state index >= 15 is 0 Å². The van der Waals surface area contributed by atoms with Crippen LogP contribution < -0.4 is 11.3 Å². The highest BCUT2D eigenvalue weighted by molar-refractivity contribution is 9.10. The molecule has 1 aromatic carbocycles. The number of nitrogens with one attached hydrogen (secondary N) is 1. The Hall–Kier alpha value is -0.380. The van der Waals surface area contributed by atoms with Crippen LogP contribution in [0.5, 0.6) is 0 Å². The highest BCUT2D eigenvalue weighted by Crippen LogP contribution is 2.37. The van der Waals surface area contributed by atoms with Gasteiger partial charge in [0.2, 0.25) is 0 Å². The summed E-state index contributed by atoms with van der Waals surface area (Å²) in [5.74, 6) is 7.35. The van der Waals surface area contributed by atoms with Gasteiger partial charge in [0, 0.05) is 10.5 Å². The van der Waals surface area contributed by atoms with E-state index in [4.69, 9.17) is 5.84 Å². The summed E-state index contributed by atoms with van der Waals surface area (Å²) in [6, 6.07) is 6.84. The van der Waals surface area contributed by atoms with Crippen LogP contribution in [0.4, 0.5) is 0 Å². The lowest BCUT2D eigenvalue weighted by molar-refractivity contribution is 0.232. The number of nitrogens with two attached hydrogens (primary N) is 1. The Kier molecular flexibility index (Phi) is 4.82. The van der Waals surface area contributed by atoms with Gasteiger partial charge in [-0.25, -0.2) is 0 Å². The second-order valence-electron chi connectivity index (χ2n) is 5.67. The molecule has 1 fully saturated rings. The van der Waals surface area contributed by atoms with Gasteiger partial charge in [0.25, 0.3) is 0 Å². The molecule has 18 heavy (non-hydrogen) atoms. The zero-order chi connectivity index (χ0) is 13.1. The van der Waals surface area contributed by atoms with Crippen LogP contribution in [0.2, 0.25) is 0 Å². The predicted octanol–water partition coefficient (Wildman–Crippen LogP) is 4.09. The highest BCUT2D eigenvalue weighted by atomic mass is 79.9. The fraction of sp³-hybridized carbons (Fsp3) is 0.600. The molecule has 3 N–H and O–H groups in total. The smallest absolute Gasteiger partial charge is 0.0488 e. The largest absolute Gasteiger partial charge is 0.271 e. The van der Waals surface area contributed by atoms with Crippen molar-refractivity contribution in [3.05, 3.63) is 33.8 Å². The fourth-order valence-electron chi connectivity index (χ4n) is 2.99. The average Bonchev–Trinajstić information content (AvgIpc) is 2.37. The number of aryl methyl sites for hydroxylation is 1. The van der Waals surface area contributed by atoms with Crippen molar-refractivity contribution < 1.29 is 0 Å². The van der Waals surface area contributed by atoms with Crippen molar-refractivity contribution in [2.75, 3.05) is 0 Å². The molecule has 1 unspecified atom stereocenters. The molecule has 0 saturated heterocycles. The minimum absolute atomic E-state index is 0.296. The van der Waals surface area contributed by atoms with Crippen molar-refractivity contribution in [2.45, 2.75) is 45.6 Å². The number of rotatable bonds is 3. The third-order valence-corrected chi connectivity index (χ3v) is 5.14. The standard InChI is InChI=1S/C15H23BrN2/c1-10-3-5-12(6-4-10)15(18-17)13-7-8-14(16)11(2)9-13/h7-10,12,15,18H,3-6,17H2,1-2H3. The maximum absolute atomic E-state index is 5.80. The van der Waals surface area contributed by atoms with Crippen LogP contribution >= 0.6 is 15.9 Å². The number of hydrogen-bond acceptors (Lipinski definition) is 2. The van der Waals surface area contributed by atoms with Crippen molar-refractivity contribution >= 4 is 15.9 Å². The second kappa shape index (κ2) is 6.18. The summed E-state index contributed by atoms with van der Waals surface area (Å²) in [7, 11) is 0. The summed E-state index contributed by atoms with van der Waals surface area (Å²) in [5.41, 5.74) is 5.63. The molecule has 0 aromatic heterocycles. The molecular weight excluding hydrogens is 288 g/mol. The second-order valence-corrected chi connectivity index (χ2v) is 6.53. The maximum atomic E-state index is 5.80. The first kappa shape index (κ1) is 14.0. The summed E-state index contributed by atoms with van der Waals surface area (Å²) in [6.07, 6.45) is 5.23. The third-order valence-electron chi connectivity index (χ3n) is 4.25. The minimum Gasteiger partial charge on any atom is -0.271 e. The van der Waals surface area contributed by atoms with Crippen LogP contribution in [0.1, 0.15) is 49.8 Å². The van der Waals surface area contributed by atoms with Gasteiger partial charge < -0.3 is 0 Å². The van der Waals surface area contributed by atoms with Gasteiger partial charge >= 0.3 is 0 Å². The van der Waals surface area contributed by atoms with Crippen molar-refractivity contribution in [2.24, 2.45) is 17.7 Å². The first-order valence-electron chi connectivity index (χ1n) is 6.84. The summed E-state index contributed by atoms with van der Waals surface area (Å²) in [6.45, 7) is 4.48. The molecule has 2 nitrogen and oxygen atoms in total. The molecule has 1 aromatic rings. The lowest BCUT2D eigenvalue weighted by Crippen LogP contribution is -2.35. The SMILES string of the molecule is Cc1cc(C(NN)C2CCC(C)CC2)ccc1Br. The molecule has 1 saturated carbocycles. The van der Waals surface area contributed by atoms with Crippen LogP contribution in [-0.2, 0) is 0 Å². The summed E-state index contributed by atoms with van der Waals surface area (Å²) in [4.78, 5) is 0. The third kappa shape index (κ3) is 3.14. The monoisotopic (exact) mass is 310 g/mol. The molecular formula is C15H23BrN2. The molecule has 0 heterocycles. The lowest BCUT2D eigenvalue weighted by atomic mass is 9.77. The van der Waals surface area contributed by atoms with E-state index in [1.54, 1.807) is 0 Å². The molecule has 0 aliphatic heterocycles. The number of halogens is 1. The summed E-state index contributed by atoms with van der Waals surface area (Å²) < 4.78 is 1.17. The molecule has 0 spiro atoms. The molecule has 1 aliphatic rings. The minimum atomic E-state index is 0.296. The van der Waals surface area contributed by atoms with Crippen molar-refractivity contribution in [3.63, 3.8) is 0 Å². The van der Waals surface area contributed by atoms with E-state index in [0.29, 0.717) is 12.0 Å². The number of benzene rings is 1. The topological polar surface area (TPSA) is 38.0 Å². The average molecular weight is 311 g/mol. The molecule has 0 amide bonds. The van der Waals surface area contributed by atoms with E-state index in [1.165, 1.54) is 41.3 Å². The predicted molar refractivity (Wildman–Crippen MR) is 80.1 cm³/mol. The molecule has 3 heteroatoms. The van der Waals surface area contributed by atoms with Crippen LogP contribution in [0.15, 0.2) is 22.7 Å². The van der Waals surface area contributed by atoms with Gasteiger partial charge in [0.15, 0.2) is 0 Å². The van der Waals surface area contributed by atoms with Crippen molar-refractivity contribution in [3.8, 4) is 0 Å². The highest BCUT2D eigenvalue weighted by Gasteiger charge is 2.26.